The average molecular weight is 292 g/mol. The number of nitrogens with one attached hydrogen (secondary N) is 1. The third kappa shape index (κ3) is 2.50. The molecular weight excluding hydrogens is 272 g/mol. The molecule has 2 aromatic carbocycles. The van der Waals surface area contributed by atoms with E-state index in [1.165, 1.54) is 5.56 Å². The van der Waals surface area contributed by atoms with Crippen molar-refractivity contribution in [2.24, 2.45) is 0 Å². The predicted octanol–water partition coefficient (Wildman–Crippen LogP) is 4.53. The number of carbonyl (C=O) groups is 1. The first-order chi connectivity index (χ1) is 10.6. The molecule has 112 valence electrons. The second-order valence-corrected chi connectivity index (χ2v) is 5.62. The number of rotatable bonds is 3. The van der Waals surface area contributed by atoms with Gasteiger partial charge in [-0.2, -0.15) is 0 Å². The molecular formula is C19H20N2O. The van der Waals surface area contributed by atoms with Crippen LogP contribution in [0.1, 0.15) is 28.4 Å². The van der Waals surface area contributed by atoms with Crippen molar-refractivity contribution in [2.45, 2.75) is 27.3 Å². The maximum Gasteiger partial charge on any atom is 0.257 e. The quantitative estimate of drug-likeness (QED) is 0.756. The lowest BCUT2D eigenvalue weighted by molar-refractivity contribution is 0.102. The van der Waals surface area contributed by atoms with Crippen LogP contribution in [0.25, 0.3) is 10.9 Å². The Morgan fingerprint density at radius 1 is 1.14 bits per heavy atom. The van der Waals surface area contributed by atoms with Crippen LogP contribution in [0.3, 0.4) is 0 Å². The third-order valence-corrected chi connectivity index (χ3v) is 4.00. The Kier molecular flexibility index (Phi) is 3.72. The Labute approximate surface area is 130 Å². The smallest absolute Gasteiger partial charge is 0.257 e. The zero-order valence-electron chi connectivity index (χ0n) is 13.2. The fourth-order valence-electron chi connectivity index (χ4n) is 2.83. The van der Waals surface area contributed by atoms with Crippen LogP contribution in [-0.2, 0) is 6.54 Å². The van der Waals surface area contributed by atoms with E-state index in [1.54, 1.807) is 0 Å². The van der Waals surface area contributed by atoms with Gasteiger partial charge in [-0.25, -0.2) is 0 Å². The second-order valence-electron chi connectivity index (χ2n) is 5.62. The highest BCUT2D eigenvalue weighted by Gasteiger charge is 2.15. The summed E-state index contributed by atoms with van der Waals surface area (Å²) in [4.78, 5) is 12.7. The molecule has 0 saturated carbocycles. The largest absolute Gasteiger partial charge is 0.347 e. The highest BCUT2D eigenvalue weighted by Crippen LogP contribution is 2.23. The average Bonchev–Trinajstić information content (AvgIpc) is 2.89. The van der Waals surface area contributed by atoms with Crippen LogP contribution in [0.2, 0.25) is 0 Å². The molecule has 0 bridgehead atoms. The van der Waals surface area contributed by atoms with Gasteiger partial charge in [-0.15, -0.1) is 0 Å². The predicted molar refractivity (Wildman–Crippen MR) is 91.5 cm³/mol. The zero-order valence-corrected chi connectivity index (χ0v) is 13.2. The number of anilines is 1. The van der Waals surface area contributed by atoms with E-state index in [9.17, 15) is 4.79 Å². The van der Waals surface area contributed by atoms with Crippen molar-refractivity contribution in [2.75, 3.05) is 5.32 Å². The van der Waals surface area contributed by atoms with Crippen LogP contribution in [0.15, 0.2) is 48.7 Å². The topological polar surface area (TPSA) is 34.0 Å². The summed E-state index contributed by atoms with van der Waals surface area (Å²) in [5.41, 5.74) is 4.95. The number of fused-ring (bicyclic) bond motifs is 1. The van der Waals surface area contributed by atoms with Crippen molar-refractivity contribution in [3.05, 3.63) is 65.4 Å². The summed E-state index contributed by atoms with van der Waals surface area (Å²) in [5.74, 6) is -0.0599. The van der Waals surface area contributed by atoms with E-state index in [0.717, 1.165) is 34.3 Å². The van der Waals surface area contributed by atoms with E-state index in [0.29, 0.717) is 0 Å². The molecule has 3 heteroatoms. The molecule has 0 spiro atoms. The molecule has 0 aliphatic heterocycles. The molecule has 1 N–H and O–H groups in total. The highest BCUT2D eigenvalue weighted by molar-refractivity contribution is 6.13. The summed E-state index contributed by atoms with van der Waals surface area (Å²) in [6.45, 7) is 6.99. The minimum absolute atomic E-state index is 0.0599. The van der Waals surface area contributed by atoms with Crippen molar-refractivity contribution >= 4 is 22.5 Å². The van der Waals surface area contributed by atoms with E-state index < -0.39 is 0 Å². The first-order valence-electron chi connectivity index (χ1n) is 7.56. The van der Waals surface area contributed by atoms with Gasteiger partial charge in [0.1, 0.15) is 0 Å². The van der Waals surface area contributed by atoms with E-state index in [4.69, 9.17) is 0 Å². The first-order valence-corrected chi connectivity index (χ1v) is 7.56. The fourth-order valence-corrected chi connectivity index (χ4v) is 2.83. The number of aryl methyl sites for hydroxylation is 3. The van der Waals surface area contributed by atoms with Crippen LogP contribution in [-0.4, -0.2) is 10.5 Å². The van der Waals surface area contributed by atoms with Gasteiger partial charge in [0.2, 0.25) is 0 Å². The Balaban J connectivity index is 1.99. The van der Waals surface area contributed by atoms with Gasteiger partial charge < -0.3 is 9.88 Å². The Hall–Kier alpha value is -2.55. The lowest BCUT2D eigenvalue weighted by Crippen LogP contribution is -2.12. The molecule has 0 atom stereocenters. The monoisotopic (exact) mass is 292 g/mol. The van der Waals surface area contributed by atoms with Crippen molar-refractivity contribution < 1.29 is 4.79 Å². The van der Waals surface area contributed by atoms with Gasteiger partial charge in [0.25, 0.3) is 5.91 Å². The number of amides is 1. The summed E-state index contributed by atoms with van der Waals surface area (Å²) in [5, 5.41) is 4.02. The molecule has 22 heavy (non-hydrogen) atoms. The normalized spacial score (nSPS) is 10.9. The van der Waals surface area contributed by atoms with Crippen LogP contribution in [0, 0.1) is 13.8 Å². The number of aromatic nitrogens is 1. The standard InChI is InChI=1S/C19H20N2O/c1-4-21-12-16(15-7-5-6-8-18(15)21)19(22)20-17-10-9-13(2)11-14(17)3/h5-12H,4H2,1-3H3,(H,20,22). The molecule has 3 nitrogen and oxygen atoms in total. The lowest BCUT2D eigenvalue weighted by atomic mass is 10.1. The van der Waals surface area contributed by atoms with Gasteiger partial charge >= 0.3 is 0 Å². The maximum atomic E-state index is 12.7. The minimum atomic E-state index is -0.0599. The van der Waals surface area contributed by atoms with Crippen LogP contribution >= 0.6 is 0 Å². The van der Waals surface area contributed by atoms with E-state index >= 15 is 0 Å². The number of hydrogen-bond donors (Lipinski definition) is 1. The minimum Gasteiger partial charge on any atom is -0.347 e. The Bertz CT molecular complexity index is 846. The van der Waals surface area contributed by atoms with Gasteiger partial charge in [0.15, 0.2) is 0 Å². The Morgan fingerprint density at radius 2 is 1.91 bits per heavy atom. The van der Waals surface area contributed by atoms with Gasteiger partial charge in [0, 0.05) is 29.3 Å². The molecule has 0 fully saturated rings. The fraction of sp³-hybridized carbons (Fsp3) is 0.211. The van der Waals surface area contributed by atoms with Crippen molar-refractivity contribution in [1.82, 2.24) is 4.57 Å². The zero-order chi connectivity index (χ0) is 15.7. The van der Waals surface area contributed by atoms with Crippen molar-refractivity contribution in [3.8, 4) is 0 Å². The molecule has 3 aromatic rings. The van der Waals surface area contributed by atoms with Crippen molar-refractivity contribution in [3.63, 3.8) is 0 Å². The maximum absolute atomic E-state index is 12.7. The summed E-state index contributed by atoms with van der Waals surface area (Å²) in [6.07, 6.45) is 1.93. The van der Waals surface area contributed by atoms with Gasteiger partial charge in [-0.05, 0) is 38.5 Å². The number of hydrogen-bond acceptors (Lipinski definition) is 1. The number of nitrogens with zero attached hydrogens (tertiary/aromatic N) is 1. The molecule has 0 aliphatic rings. The second kappa shape index (κ2) is 5.68. The highest BCUT2D eigenvalue weighted by atomic mass is 16.1. The van der Waals surface area contributed by atoms with E-state index in [2.05, 4.69) is 22.9 Å². The van der Waals surface area contributed by atoms with E-state index in [1.807, 2.05) is 56.4 Å². The van der Waals surface area contributed by atoms with Crippen LogP contribution in [0.4, 0.5) is 5.69 Å². The summed E-state index contributed by atoms with van der Waals surface area (Å²) in [6, 6.07) is 14.1. The lowest BCUT2D eigenvalue weighted by Gasteiger charge is -2.08. The number of benzene rings is 2. The summed E-state index contributed by atoms with van der Waals surface area (Å²) >= 11 is 0. The SMILES string of the molecule is CCn1cc(C(=O)Nc2ccc(C)cc2C)c2ccccc21. The molecule has 3 rings (SSSR count). The Morgan fingerprint density at radius 3 is 2.64 bits per heavy atom. The van der Waals surface area contributed by atoms with Crippen LogP contribution in [0.5, 0.6) is 0 Å². The molecule has 0 saturated heterocycles. The molecule has 1 amide bonds. The first kappa shape index (κ1) is 14.4. The summed E-state index contributed by atoms with van der Waals surface area (Å²) in [7, 11) is 0. The number of para-hydroxylation sites is 1. The summed E-state index contributed by atoms with van der Waals surface area (Å²) < 4.78 is 2.10. The van der Waals surface area contributed by atoms with E-state index in [-0.39, 0.29) is 5.91 Å². The van der Waals surface area contributed by atoms with Gasteiger partial charge in [-0.3, -0.25) is 4.79 Å². The van der Waals surface area contributed by atoms with Crippen molar-refractivity contribution in [1.29, 1.82) is 0 Å². The molecule has 0 aliphatic carbocycles. The molecule has 1 heterocycles. The van der Waals surface area contributed by atoms with Crippen LogP contribution < -0.4 is 5.32 Å². The molecule has 0 unspecified atom stereocenters. The molecule has 0 radical (unpaired) electrons. The number of carbonyl (C=O) groups excluding carboxylic acids is 1. The van der Waals surface area contributed by atoms with Gasteiger partial charge in [-0.1, -0.05) is 35.9 Å². The molecule has 1 aromatic heterocycles. The third-order valence-electron chi connectivity index (χ3n) is 4.00. The van der Waals surface area contributed by atoms with Gasteiger partial charge in [0.05, 0.1) is 5.56 Å².